The van der Waals surface area contributed by atoms with Crippen molar-refractivity contribution < 1.29 is 19.4 Å². The molecule has 0 aliphatic heterocycles. The molecule has 0 radical (unpaired) electrons. The topological polar surface area (TPSA) is 55.8 Å². The number of aryl methyl sites for hydroxylation is 1. The molecule has 1 atom stereocenters. The number of ether oxygens (including phenoxy) is 2. The Labute approximate surface area is 113 Å². The number of aliphatic hydroxyl groups excluding tert-OH is 1. The van der Waals surface area contributed by atoms with Crippen molar-refractivity contribution in [2.45, 2.75) is 38.9 Å². The van der Waals surface area contributed by atoms with E-state index in [0.29, 0.717) is 12.2 Å². The van der Waals surface area contributed by atoms with Gasteiger partial charge >= 0.3 is 0 Å². The summed E-state index contributed by atoms with van der Waals surface area (Å²) in [4.78, 5) is 11.5. The number of fused-ring (bicyclic) bond motifs is 1. The molecular formula is C15H20O4. The van der Waals surface area contributed by atoms with Crippen LogP contribution in [0.3, 0.4) is 0 Å². The quantitative estimate of drug-likeness (QED) is 0.853. The highest BCUT2D eigenvalue weighted by Gasteiger charge is 2.19. The summed E-state index contributed by atoms with van der Waals surface area (Å²) in [7, 11) is 0. The van der Waals surface area contributed by atoms with E-state index in [9.17, 15) is 9.90 Å². The summed E-state index contributed by atoms with van der Waals surface area (Å²) >= 11 is 0. The lowest BCUT2D eigenvalue weighted by Crippen LogP contribution is -2.25. The van der Waals surface area contributed by atoms with Crippen molar-refractivity contribution in [3.8, 4) is 5.75 Å². The third-order valence-corrected chi connectivity index (χ3v) is 3.06. The number of carbonyl (C=O) groups excluding carboxylic acids is 1. The van der Waals surface area contributed by atoms with Crippen molar-refractivity contribution in [1.82, 2.24) is 0 Å². The fourth-order valence-corrected chi connectivity index (χ4v) is 2.07. The zero-order valence-electron chi connectivity index (χ0n) is 11.4. The van der Waals surface area contributed by atoms with Gasteiger partial charge in [0.25, 0.3) is 0 Å². The van der Waals surface area contributed by atoms with Gasteiger partial charge in [0, 0.05) is 12.0 Å². The molecule has 1 aromatic carbocycles. The second-order valence-corrected chi connectivity index (χ2v) is 5.09. The van der Waals surface area contributed by atoms with Crippen LogP contribution in [-0.2, 0) is 11.2 Å². The van der Waals surface area contributed by atoms with E-state index in [2.05, 4.69) is 0 Å². The molecule has 1 unspecified atom stereocenters. The average Bonchev–Trinajstić information content (AvgIpc) is 2.75. The maximum Gasteiger partial charge on any atom is 0.163 e. The molecule has 0 spiro atoms. The first-order valence-corrected chi connectivity index (χ1v) is 6.65. The van der Waals surface area contributed by atoms with Gasteiger partial charge in [0.2, 0.25) is 0 Å². The lowest BCUT2D eigenvalue weighted by Gasteiger charge is -2.14. The number of Topliss-reactive ketones (excluding diaryl/α,β-unsaturated/α-hetero) is 1. The van der Waals surface area contributed by atoms with Crippen LogP contribution in [0, 0.1) is 0 Å². The number of benzene rings is 1. The molecule has 0 aromatic heterocycles. The number of rotatable bonds is 6. The first kappa shape index (κ1) is 14.0. The molecule has 1 N–H and O–H groups in total. The molecule has 0 amide bonds. The normalized spacial score (nSPS) is 15.7. The summed E-state index contributed by atoms with van der Waals surface area (Å²) in [6, 6.07) is 5.46. The van der Waals surface area contributed by atoms with E-state index in [0.717, 1.165) is 17.5 Å². The van der Waals surface area contributed by atoms with Crippen molar-refractivity contribution in [2.24, 2.45) is 0 Å². The van der Waals surface area contributed by atoms with E-state index in [1.165, 1.54) is 0 Å². The molecule has 4 heteroatoms. The highest BCUT2D eigenvalue weighted by molar-refractivity contribution is 6.00. The van der Waals surface area contributed by atoms with Gasteiger partial charge in [-0.3, -0.25) is 4.79 Å². The second kappa shape index (κ2) is 6.17. The van der Waals surface area contributed by atoms with Crippen LogP contribution in [0.4, 0.5) is 0 Å². The monoisotopic (exact) mass is 264 g/mol. The number of hydrogen-bond acceptors (Lipinski definition) is 4. The molecule has 4 nitrogen and oxygen atoms in total. The molecule has 19 heavy (non-hydrogen) atoms. The molecule has 0 fully saturated rings. The van der Waals surface area contributed by atoms with E-state index in [1.807, 2.05) is 19.9 Å². The molecule has 1 aromatic rings. The lowest BCUT2D eigenvalue weighted by atomic mass is 10.1. The van der Waals surface area contributed by atoms with E-state index in [4.69, 9.17) is 9.47 Å². The van der Waals surface area contributed by atoms with Crippen LogP contribution in [0.5, 0.6) is 5.75 Å². The number of hydrogen-bond donors (Lipinski definition) is 1. The largest absolute Gasteiger partial charge is 0.491 e. The predicted molar refractivity (Wildman–Crippen MR) is 71.7 cm³/mol. The highest BCUT2D eigenvalue weighted by atomic mass is 16.5. The molecule has 0 heterocycles. The molecule has 0 saturated carbocycles. The van der Waals surface area contributed by atoms with Gasteiger partial charge in [-0.15, -0.1) is 0 Å². The van der Waals surface area contributed by atoms with Gasteiger partial charge in [-0.25, -0.2) is 0 Å². The Kier molecular flexibility index (Phi) is 4.56. The van der Waals surface area contributed by atoms with Crippen molar-refractivity contribution >= 4 is 5.78 Å². The van der Waals surface area contributed by atoms with Gasteiger partial charge < -0.3 is 14.6 Å². The molecule has 104 valence electrons. The fourth-order valence-electron chi connectivity index (χ4n) is 2.07. The maximum atomic E-state index is 11.5. The minimum atomic E-state index is -0.641. The first-order valence-electron chi connectivity index (χ1n) is 6.65. The van der Waals surface area contributed by atoms with Crippen LogP contribution in [-0.4, -0.2) is 36.3 Å². The fraction of sp³-hybridized carbons (Fsp3) is 0.533. The summed E-state index contributed by atoms with van der Waals surface area (Å²) in [6.07, 6.45) is 0.825. The van der Waals surface area contributed by atoms with E-state index in [1.54, 1.807) is 12.1 Å². The SMILES string of the molecule is CC(C)OCC(O)COc1ccc2c(c1)CCC2=O. The maximum absolute atomic E-state index is 11.5. The van der Waals surface area contributed by atoms with Gasteiger partial charge in [-0.2, -0.15) is 0 Å². The minimum absolute atomic E-state index is 0.0978. The summed E-state index contributed by atoms with van der Waals surface area (Å²) < 4.78 is 10.8. The van der Waals surface area contributed by atoms with E-state index in [-0.39, 0.29) is 25.1 Å². The molecule has 2 rings (SSSR count). The zero-order valence-corrected chi connectivity index (χ0v) is 11.4. The highest BCUT2D eigenvalue weighted by Crippen LogP contribution is 2.26. The lowest BCUT2D eigenvalue weighted by molar-refractivity contribution is -0.0122. The minimum Gasteiger partial charge on any atom is -0.491 e. The molecule has 1 aliphatic carbocycles. The Hall–Kier alpha value is -1.39. The van der Waals surface area contributed by atoms with Crippen molar-refractivity contribution in [1.29, 1.82) is 0 Å². The van der Waals surface area contributed by atoms with E-state index < -0.39 is 6.10 Å². The molecule has 0 saturated heterocycles. The Morgan fingerprint density at radius 1 is 1.26 bits per heavy atom. The van der Waals surface area contributed by atoms with Gasteiger partial charge in [0.05, 0.1) is 12.7 Å². The average molecular weight is 264 g/mol. The zero-order chi connectivity index (χ0) is 13.8. The van der Waals surface area contributed by atoms with Crippen LogP contribution in [0.1, 0.15) is 36.2 Å². The second-order valence-electron chi connectivity index (χ2n) is 5.09. The summed E-state index contributed by atoms with van der Waals surface area (Å²) in [6.45, 7) is 4.30. The molecule has 0 bridgehead atoms. The number of carbonyl (C=O) groups is 1. The summed E-state index contributed by atoms with van der Waals surface area (Å²) in [5, 5.41) is 9.69. The van der Waals surface area contributed by atoms with Gasteiger partial charge in [-0.05, 0) is 44.0 Å². The number of aliphatic hydroxyl groups is 1. The Morgan fingerprint density at radius 2 is 2.05 bits per heavy atom. The summed E-state index contributed by atoms with van der Waals surface area (Å²) in [5.74, 6) is 0.893. The van der Waals surface area contributed by atoms with Crippen LogP contribution in [0.15, 0.2) is 18.2 Å². The van der Waals surface area contributed by atoms with Gasteiger partial charge in [-0.1, -0.05) is 0 Å². The molecule has 1 aliphatic rings. The van der Waals surface area contributed by atoms with Crippen LogP contribution in [0.25, 0.3) is 0 Å². The summed E-state index contributed by atoms with van der Waals surface area (Å²) in [5.41, 5.74) is 1.84. The Morgan fingerprint density at radius 3 is 2.79 bits per heavy atom. The first-order chi connectivity index (χ1) is 9.06. The van der Waals surface area contributed by atoms with Gasteiger partial charge in [0.15, 0.2) is 5.78 Å². The Balaban J connectivity index is 1.85. The predicted octanol–water partition coefficient (Wildman–Crippen LogP) is 1.98. The smallest absolute Gasteiger partial charge is 0.163 e. The van der Waals surface area contributed by atoms with Crippen molar-refractivity contribution in [2.75, 3.05) is 13.2 Å². The van der Waals surface area contributed by atoms with Crippen LogP contribution < -0.4 is 4.74 Å². The van der Waals surface area contributed by atoms with Crippen molar-refractivity contribution in [3.63, 3.8) is 0 Å². The Bertz CT molecular complexity index is 453. The van der Waals surface area contributed by atoms with Crippen molar-refractivity contribution in [3.05, 3.63) is 29.3 Å². The molecular weight excluding hydrogens is 244 g/mol. The van der Waals surface area contributed by atoms with Crippen LogP contribution >= 0.6 is 0 Å². The van der Waals surface area contributed by atoms with Crippen LogP contribution in [0.2, 0.25) is 0 Å². The van der Waals surface area contributed by atoms with E-state index >= 15 is 0 Å². The van der Waals surface area contributed by atoms with Gasteiger partial charge in [0.1, 0.15) is 18.5 Å². The third-order valence-electron chi connectivity index (χ3n) is 3.06. The number of ketones is 1. The standard InChI is InChI=1S/C15H20O4/c1-10(2)18-8-12(16)9-19-13-4-5-14-11(7-13)3-6-15(14)17/h4-5,7,10,12,16H,3,6,8-9H2,1-2H3. The third kappa shape index (κ3) is 3.78.